The van der Waals surface area contributed by atoms with Gasteiger partial charge in [-0.15, -0.1) is 21.5 Å². The van der Waals surface area contributed by atoms with Gasteiger partial charge in [0.05, 0.1) is 22.3 Å². The van der Waals surface area contributed by atoms with Gasteiger partial charge in [0.15, 0.2) is 10.3 Å². The highest BCUT2D eigenvalue weighted by Gasteiger charge is 2.18. The third kappa shape index (κ3) is 3.90. The fourth-order valence-corrected chi connectivity index (χ4v) is 4.50. The molecule has 0 bridgehead atoms. The van der Waals surface area contributed by atoms with Gasteiger partial charge in [-0.2, -0.15) is 0 Å². The Hall–Kier alpha value is -2.72. The number of para-hydroxylation sites is 1. The SMILES string of the molecule is Cc1csc(NC(=O)CSc2nnc3n(CC(C)C)c(=O)c4ccccc4n23)n1. The summed E-state index contributed by atoms with van der Waals surface area (Å²) in [6, 6.07) is 7.39. The van der Waals surface area contributed by atoms with Crippen molar-refractivity contribution in [3.63, 3.8) is 0 Å². The van der Waals surface area contributed by atoms with Crippen molar-refractivity contribution in [1.82, 2.24) is 24.1 Å². The Kier molecular flexibility index (Phi) is 5.37. The number of rotatable bonds is 6. The maximum absolute atomic E-state index is 13.0. The lowest BCUT2D eigenvalue weighted by Crippen LogP contribution is -2.25. The molecule has 0 saturated heterocycles. The van der Waals surface area contributed by atoms with Crippen molar-refractivity contribution in [2.75, 3.05) is 11.1 Å². The molecule has 1 amide bonds. The Morgan fingerprint density at radius 1 is 1.28 bits per heavy atom. The second kappa shape index (κ2) is 7.96. The summed E-state index contributed by atoms with van der Waals surface area (Å²) in [5, 5.41) is 14.9. The topological polar surface area (TPSA) is 94.2 Å². The predicted molar refractivity (Wildman–Crippen MR) is 116 cm³/mol. The van der Waals surface area contributed by atoms with Crippen molar-refractivity contribution in [2.45, 2.75) is 32.5 Å². The van der Waals surface area contributed by atoms with Crippen molar-refractivity contribution < 1.29 is 4.79 Å². The van der Waals surface area contributed by atoms with Crippen LogP contribution in [0.3, 0.4) is 0 Å². The van der Waals surface area contributed by atoms with E-state index in [1.54, 1.807) is 10.6 Å². The molecular formula is C19H20N6O2S2. The van der Waals surface area contributed by atoms with Gasteiger partial charge >= 0.3 is 0 Å². The average Bonchev–Trinajstić information content (AvgIpc) is 3.29. The highest BCUT2D eigenvalue weighted by Crippen LogP contribution is 2.22. The van der Waals surface area contributed by atoms with Crippen molar-refractivity contribution in [1.29, 1.82) is 0 Å². The van der Waals surface area contributed by atoms with Gasteiger partial charge in [-0.05, 0) is 25.0 Å². The van der Waals surface area contributed by atoms with Crippen LogP contribution >= 0.6 is 23.1 Å². The van der Waals surface area contributed by atoms with Crippen LogP contribution in [0.25, 0.3) is 16.7 Å². The van der Waals surface area contributed by atoms with E-state index < -0.39 is 0 Å². The van der Waals surface area contributed by atoms with Gasteiger partial charge in [0.1, 0.15) is 0 Å². The zero-order chi connectivity index (χ0) is 20.5. The molecule has 4 rings (SSSR count). The van der Waals surface area contributed by atoms with Gasteiger partial charge in [-0.1, -0.05) is 37.7 Å². The number of nitrogens with zero attached hydrogens (tertiary/aromatic N) is 5. The van der Waals surface area contributed by atoms with Crippen molar-refractivity contribution in [2.24, 2.45) is 5.92 Å². The van der Waals surface area contributed by atoms with Crippen molar-refractivity contribution in [3.8, 4) is 0 Å². The lowest BCUT2D eigenvalue weighted by atomic mass is 10.2. The number of aromatic nitrogens is 5. The number of benzene rings is 1. The van der Waals surface area contributed by atoms with Crippen LogP contribution in [-0.4, -0.2) is 35.8 Å². The van der Waals surface area contributed by atoms with Gasteiger partial charge in [0.25, 0.3) is 5.56 Å². The molecule has 0 unspecified atom stereocenters. The van der Waals surface area contributed by atoms with Gasteiger partial charge < -0.3 is 5.32 Å². The zero-order valence-electron chi connectivity index (χ0n) is 16.2. The van der Waals surface area contributed by atoms with E-state index in [2.05, 4.69) is 34.3 Å². The molecule has 0 aliphatic heterocycles. The minimum absolute atomic E-state index is 0.0809. The molecule has 0 spiro atoms. The Bertz CT molecular complexity index is 1260. The number of carbonyl (C=O) groups is 1. The first-order chi connectivity index (χ1) is 13.9. The van der Waals surface area contributed by atoms with Gasteiger partial charge in [0, 0.05) is 11.9 Å². The lowest BCUT2D eigenvalue weighted by molar-refractivity contribution is -0.113. The van der Waals surface area contributed by atoms with Crippen molar-refractivity contribution >= 4 is 50.8 Å². The number of aryl methyl sites for hydroxylation is 1. The molecule has 3 heterocycles. The second-order valence-electron chi connectivity index (χ2n) is 7.08. The predicted octanol–water partition coefficient (Wildman–Crippen LogP) is 3.20. The summed E-state index contributed by atoms with van der Waals surface area (Å²) < 4.78 is 3.51. The van der Waals surface area contributed by atoms with Crippen LogP contribution in [0.4, 0.5) is 5.13 Å². The highest BCUT2D eigenvalue weighted by molar-refractivity contribution is 7.99. The maximum atomic E-state index is 13.0. The van der Waals surface area contributed by atoms with Crippen LogP contribution in [0.2, 0.25) is 0 Å². The molecule has 0 saturated carbocycles. The molecule has 10 heteroatoms. The minimum atomic E-state index is -0.166. The van der Waals surface area contributed by atoms with Gasteiger partial charge in [-0.3, -0.25) is 18.6 Å². The number of thioether (sulfide) groups is 1. The minimum Gasteiger partial charge on any atom is -0.301 e. The number of nitrogens with one attached hydrogen (secondary N) is 1. The number of carbonyl (C=O) groups excluding carboxylic acids is 1. The molecule has 1 N–H and O–H groups in total. The Balaban J connectivity index is 1.69. The van der Waals surface area contributed by atoms with Crippen LogP contribution in [0.5, 0.6) is 0 Å². The maximum Gasteiger partial charge on any atom is 0.262 e. The number of anilines is 1. The molecule has 0 atom stereocenters. The average molecular weight is 429 g/mol. The summed E-state index contributed by atoms with van der Waals surface area (Å²) >= 11 is 2.67. The Labute approximate surface area is 175 Å². The van der Waals surface area contributed by atoms with Crippen LogP contribution in [0.15, 0.2) is 39.6 Å². The zero-order valence-corrected chi connectivity index (χ0v) is 17.9. The Morgan fingerprint density at radius 3 is 2.79 bits per heavy atom. The lowest BCUT2D eigenvalue weighted by Gasteiger charge is -2.12. The smallest absolute Gasteiger partial charge is 0.262 e. The van der Waals surface area contributed by atoms with E-state index in [4.69, 9.17) is 0 Å². The molecule has 3 aromatic heterocycles. The quantitative estimate of drug-likeness (QED) is 0.474. The van der Waals surface area contributed by atoms with E-state index >= 15 is 0 Å². The summed E-state index contributed by atoms with van der Waals surface area (Å²) in [5.74, 6) is 0.761. The third-order valence-electron chi connectivity index (χ3n) is 4.22. The monoisotopic (exact) mass is 428 g/mol. The van der Waals surface area contributed by atoms with Crippen LogP contribution in [-0.2, 0) is 11.3 Å². The highest BCUT2D eigenvalue weighted by atomic mass is 32.2. The molecule has 4 aromatic rings. The first-order valence-electron chi connectivity index (χ1n) is 9.15. The molecule has 8 nitrogen and oxygen atoms in total. The van der Waals surface area contributed by atoms with Gasteiger partial charge in [-0.25, -0.2) is 4.98 Å². The van der Waals surface area contributed by atoms with E-state index in [9.17, 15) is 9.59 Å². The molecular weight excluding hydrogens is 408 g/mol. The first-order valence-corrected chi connectivity index (χ1v) is 11.0. The fraction of sp³-hybridized carbons (Fsp3) is 0.316. The van der Waals surface area contributed by atoms with Gasteiger partial charge in [0.2, 0.25) is 11.7 Å². The number of fused-ring (bicyclic) bond motifs is 3. The number of hydrogen-bond donors (Lipinski definition) is 1. The second-order valence-corrected chi connectivity index (χ2v) is 8.88. The van der Waals surface area contributed by atoms with Crippen molar-refractivity contribution in [3.05, 3.63) is 45.7 Å². The molecule has 0 fully saturated rings. The molecule has 0 aliphatic carbocycles. The van der Waals surface area contributed by atoms with E-state index in [0.29, 0.717) is 28.0 Å². The van der Waals surface area contributed by atoms with E-state index in [0.717, 1.165) is 11.2 Å². The first kappa shape index (κ1) is 19.6. The fourth-order valence-electron chi connectivity index (χ4n) is 3.05. The normalized spacial score (nSPS) is 11.6. The van der Waals surface area contributed by atoms with E-state index in [1.165, 1.54) is 23.1 Å². The number of amides is 1. The third-order valence-corrected chi connectivity index (χ3v) is 6.03. The standard InChI is InChI=1S/C19H20N6O2S2/c1-11(2)8-24-16(27)13-6-4-5-7-14(13)25-18(24)22-23-19(25)29-10-15(26)21-17-20-12(3)9-28-17/h4-7,9,11H,8,10H2,1-3H3,(H,20,21,26). The largest absolute Gasteiger partial charge is 0.301 e. The summed E-state index contributed by atoms with van der Waals surface area (Å²) in [5.41, 5.74) is 1.52. The van der Waals surface area contributed by atoms with Crippen LogP contribution in [0, 0.1) is 12.8 Å². The summed E-state index contributed by atoms with van der Waals surface area (Å²) in [4.78, 5) is 29.5. The number of thiazole rings is 1. The molecule has 1 aromatic carbocycles. The molecule has 29 heavy (non-hydrogen) atoms. The molecule has 150 valence electrons. The Morgan fingerprint density at radius 2 is 2.07 bits per heavy atom. The summed E-state index contributed by atoms with van der Waals surface area (Å²) in [7, 11) is 0. The molecule has 0 radical (unpaired) electrons. The summed E-state index contributed by atoms with van der Waals surface area (Å²) in [6.07, 6.45) is 0. The van der Waals surface area contributed by atoms with E-state index in [-0.39, 0.29) is 23.1 Å². The van der Waals surface area contributed by atoms with Crippen LogP contribution < -0.4 is 10.9 Å². The van der Waals surface area contributed by atoms with Crippen LogP contribution in [0.1, 0.15) is 19.5 Å². The summed E-state index contributed by atoms with van der Waals surface area (Å²) in [6.45, 7) is 6.52. The molecule has 0 aliphatic rings. The number of hydrogen-bond acceptors (Lipinski definition) is 7. The van der Waals surface area contributed by atoms with E-state index in [1.807, 2.05) is 34.9 Å².